The van der Waals surface area contributed by atoms with Gasteiger partial charge in [0, 0.05) is 17.1 Å². The molecular weight excluding hydrogens is 248 g/mol. The van der Waals surface area contributed by atoms with Gasteiger partial charge in [0.25, 0.3) is 0 Å². The standard InChI is InChI=1S/C17H36N2O/c1-8-10-15(11-9-2)20-19-16(3,4)12-14(18-7)13-17(19,5)6/h14-15,18H,8-13H2,1-7H3. The molecule has 0 bridgehead atoms. The molecule has 0 radical (unpaired) electrons. The molecule has 0 atom stereocenters. The Hall–Kier alpha value is -0.120. The Morgan fingerprint density at radius 1 is 1.05 bits per heavy atom. The third-order valence-corrected chi connectivity index (χ3v) is 4.48. The minimum Gasteiger partial charge on any atom is -0.317 e. The van der Waals surface area contributed by atoms with E-state index in [1.165, 1.54) is 12.8 Å². The molecule has 0 amide bonds. The van der Waals surface area contributed by atoms with Crippen LogP contribution >= 0.6 is 0 Å². The molecule has 1 fully saturated rings. The van der Waals surface area contributed by atoms with Crippen molar-refractivity contribution in [2.75, 3.05) is 7.05 Å². The summed E-state index contributed by atoms with van der Waals surface area (Å²) in [6, 6.07) is 0.579. The van der Waals surface area contributed by atoms with Crippen LogP contribution in [0.4, 0.5) is 0 Å². The maximum absolute atomic E-state index is 6.50. The van der Waals surface area contributed by atoms with Gasteiger partial charge in [0.2, 0.25) is 0 Å². The first-order chi connectivity index (χ1) is 9.26. The molecule has 1 aliphatic rings. The Labute approximate surface area is 126 Å². The van der Waals surface area contributed by atoms with Gasteiger partial charge in [-0.15, -0.1) is 0 Å². The highest BCUT2D eigenvalue weighted by Crippen LogP contribution is 2.39. The summed E-state index contributed by atoms with van der Waals surface area (Å²) >= 11 is 0. The Morgan fingerprint density at radius 2 is 1.50 bits per heavy atom. The van der Waals surface area contributed by atoms with E-state index in [2.05, 4.69) is 59.0 Å². The van der Waals surface area contributed by atoms with Crippen LogP contribution in [-0.4, -0.2) is 35.3 Å². The van der Waals surface area contributed by atoms with E-state index in [1.54, 1.807) is 0 Å². The van der Waals surface area contributed by atoms with Crippen molar-refractivity contribution in [2.24, 2.45) is 0 Å². The van der Waals surface area contributed by atoms with Crippen LogP contribution < -0.4 is 5.32 Å². The molecule has 0 aromatic carbocycles. The van der Waals surface area contributed by atoms with E-state index in [1.807, 2.05) is 0 Å². The van der Waals surface area contributed by atoms with E-state index in [-0.39, 0.29) is 11.1 Å². The van der Waals surface area contributed by atoms with E-state index in [9.17, 15) is 0 Å². The van der Waals surface area contributed by atoms with Gasteiger partial charge in [0.15, 0.2) is 0 Å². The summed E-state index contributed by atoms with van der Waals surface area (Å²) in [5.74, 6) is 0. The summed E-state index contributed by atoms with van der Waals surface area (Å²) in [6.45, 7) is 13.7. The third kappa shape index (κ3) is 4.44. The smallest absolute Gasteiger partial charge is 0.0793 e. The number of nitrogens with zero attached hydrogens (tertiary/aromatic N) is 1. The Bertz CT molecular complexity index is 265. The molecule has 0 unspecified atom stereocenters. The van der Waals surface area contributed by atoms with Crippen molar-refractivity contribution in [3.8, 4) is 0 Å². The van der Waals surface area contributed by atoms with E-state index in [0.717, 1.165) is 25.7 Å². The minimum absolute atomic E-state index is 0.0785. The van der Waals surface area contributed by atoms with Gasteiger partial charge in [-0.2, -0.15) is 5.06 Å². The average molecular weight is 284 g/mol. The van der Waals surface area contributed by atoms with E-state index in [4.69, 9.17) is 4.84 Å². The van der Waals surface area contributed by atoms with Gasteiger partial charge >= 0.3 is 0 Å². The number of rotatable bonds is 7. The van der Waals surface area contributed by atoms with E-state index >= 15 is 0 Å². The second kappa shape index (κ2) is 7.24. The molecule has 0 aliphatic carbocycles. The number of hydroxylamine groups is 2. The second-order valence-corrected chi connectivity index (χ2v) is 7.62. The third-order valence-electron chi connectivity index (χ3n) is 4.48. The molecule has 0 spiro atoms. The van der Waals surface area contributed by atoms with Crippen molar-refractivity contribution in [1.82, 2.24) is 10.4 Å². The van der Waals surface area contributed by atoms with Crippen LogP contribution in [0.15, 0.2) is 0 Å². The maximum Gasteiger partial charge on any atom is 0.0793 e. The molecule has 3 nitrogen and oxygen atoms in total. The minimum atomic E-state index is 0.0785. The van der Waals surface area contributed by atoms with Gasteiger partial charge in [0.05, 0.1) is 6.10 Å². The summed E-state index contributed by atoms with van der Waals surface area (Å²) in [7, 11) is 2.07. The SMILES string of the molecule is CCCC(CCC)ON1C(C)(C)CC(NC)CC1(C)C. The van der Waals surface area contributed by atoms with Gasteiger partial charge in [-0.1, -0.05) is 26.7 Å². The van der Waals surface area contributed by atoms with Crippen molar-refractivity contribution in [1.29, 1.82) is 0 Å². The lowest BCUT2D eigenvalue weighted by molar-refractivity contribution is -0.309. The molecular formula is C17H36N2O. The van der Waals surface area contributed by atoms with Crippen LogP contribution in [0.2, 0.25) is 0 Å². The lowest BCUT2D eigenvalue weighted by Crippen LogP contribution is -2.64. The Morgan fingerprint density at radius 3 is 1.85 bits per heavy atom. The van der Waals surface area contributed by atoms with Gasteiger partial charge in [-0.25, -0.2) is 0 Å². The van der Waals surface area contributed by atoms with Crippen LogP contribution in [0, 0.1) is 0 Å². The molecule has 1 aliphatic heterocycles. The second-order valence-electron chi connectivity index (χ2n) is 7.62. The number of hydrogen-bond acceptors (Lipinski definition) is 3. The van der Waals surface area contributed by atoms with Crippen LogP contribution in [0.1, 0.15) is 80.1 Å². The molecule has 20 heavy (non-hydrogen) atoms. The highest BCUT2D eigenvalue weighted by atomic mass is 16.7. The molecule has 3 heteroatoms. The lowest BCUT2D eigenvalue weighted by Gasteiger charge is -2.54. The first-order valence-electron chi connectivity index (χ1n) is 8.41. The highest BCUT2D eigenvalue weighted by molar-refractivity contribution is 4.99. The average Bonchev–Trinajstić information content (AvgIpc) is 2.33. The van der Waals surface area contributed by atoms with Gasteiger partial charge in [-0.3, -0.25) is 4.84 Å². The summed E-state index contributed by atoms with van der Waals surface area (Å²) in [6.07, 6.45) is 7.35. The zero-order valence-corrected chi connectivity index (χ0v) is 14.8. The molecule has 1 N–H and O–H groups in total. The Kier molecular flexibility index (Phi) is 6.49. The summed E-state index contributed by atoms with van der Waals surface area (Å²) in [5.41, 5.74) is 0.157. The molecule has 120 valence electrons. The largest absolute Gasteiger partial charge is 0.317 e. The quantitative estimate of drug-likeness (QED) is 0.761. The normalized spacial score (nSPS) is 23.4. The monoisotopic (exact) mass is 284 g/mol. The van der Waals surface area contributed by atoms with Gasteiger partial charge < -0.3 is 5.32 Å². The van der Waals surface area contributed by atoms with Crippen LogP contribution in [0.5, 0.6) is 0 Å². The topological polar surface area (TPSA) is 24.5 Å². The van der Waals surface area contributed by atoms with Crippen molar-refractivity contribution in [3.05, 3.63) is 0 Å². The maximum atomic E-state index is 6.50. The fourth-order valence-corrected chi connectivity index (χ4v) is 3.80. The lowest BCUT2D eigenvalue weighted by atomic mass is 9.79. The van der Waals surface area contributed by atoms with Crippen LogP contribution in [0.25, 0.3) is 0 Å². The van der Waals surface area contributed by atoms with E-state index in [0.29, 0.717) is 12.1 Å². The number of hydrogen-bond donors (Lipinski definition) is 1. The first kappa shape index (κ1) is 17.9. The van der Waals surface area contributed by atoms with Crippen molar-refractivity contribution in [2.45, 2.75) is 103 Å². The van der Waals surface area contributed by atoms with Gasteiger partial charge in [0.1, 0.15) is 0 Å². The summed E-state index contributed by atoms with van der Waals surface area (Å²) < 4.78 is 0. The predicted octanol–water partition coefficient (Wildman–Crippen LogP) is 4.13. The summed E-state index contributed by atoms with van der Waals surface area (Å²) in [5, 5.41) is 5.77. The molecule has 1 heterocycles. The molecule has 1 saturated heterocycles. The first-order valence-corrected chi connectivity index (χ1v) is 8.41. The number of nitrogens with one attached hydrogen (secondary N) is 1. The fraction of sp³-hybridized carbons (Fsp3) is 1.00. The zero-order chi connectivity index (χ0) is 15.4. The molecule has 0 aromatic heterocycles. The molecule has 1 rings (SSSR count). The van der Waals surface area contributed by atoms with E-state index < -0.39 is 0 Å². The van der Waals surface area contributed by atoms with Crippen molar-refractivity contribution in [3.63, 3.8) is 0 Å². The van der Waals surface area contributed by atoms with Crippen LogP contribution in [-0.2, 0) is 4.84 Å². The Balaban J connectivity index is 2.83. The summed E-state index contributed by atoms with van der Waals surface area (Å²) in [4.78, 5) is 6.50. The molecule has 0 saturated carbocycles. The van der Waals surface area contributed by atoms with Crippen molar-refractivity contribution >= 4 is 0 Å². The molecule has 0 aromatic rings. The van der Waals surface area contributed by atoms with Gasteiger partial charge in [-0.05, 0) is 60.4 Å². The van der Waals surface area contributed by atoms with Crippen molar-refractivity contribution < 1.29 is 4.84 Å². The van der Waals surface area contributed by atoms with Crippen LogP contribution in [0.3, 0.4) is 0 Å². The fourth-order valence-electron chi connectivity index (χ4n) is 3.80. The number of piperidine rings is 1. The predicted molar refractivity (Wildman–Crippen MR) is 86.8 cm³/mol. The highest BCUT2D eigenvalue weighted by Gasteiger charge is 2.46. The zero-order valence-electron chi connectivity index (χ0n) is 14.8.